The number of aromatic nitrogens is 1. The van der Waals surface area contributed by atoms with Crippen LogP contribution in [0.25, 0.3) is 0 Å². The van der Waals surface area contributed by atoms with Crippen molar-refractivity contribution in [2.24, 2.45) is 0 Å². The van der Waals surface area contributed by atoms with Gasteiger partial charge in [0.1, 0.15) is 12.4 Å². The lowest BCUT2D eigenvalue weighted by molar-refractivity contribution is 0.102. The third-order valence-corrected chi connectivity index (χ3v) is 6.03. The van der Waals surface area contributed by atoms with Crippen LogP contribution < -0.4 is 10.1 Å². The fourth-order valence-electron chi connectivity index (χ4n) is 3.22. The molecule has 0 radical (unpaired) electrons. The maximum absolute atomic E-state index is 12.8. The number of thioether (sulfide) groups is 1. The number of ether oxygens (including phenoxy) is 2. The van der Waals surface area contributed by atoms with E-state index in [0.717, 1.165) is 47.1 Å². The molecule has 1 aromatic heterocycles. The molecule has 0 bridgehead atoms. The molecule has 0 aliphatic carbocycles. The summed E-state index contributed by atoms with van der Waals surface area (Å²) in [5.74, 6) is 1.49. The van der Waals surface area contributed by atoms with Crippen molar-refractivity contribution >= 4 is 23.4 Å². The number of carbonyl (C=O) groups excluding carboxylic acids is 1. The molecule has 1 aliphatic rings. The van der Waals surface area contributed by atoms with Crippen LogP contribution in [0.5, 0.6) is 5.75 Å². The zero-order valence-corrected chi connectivity index (χ0v) is 17.4. The predicted molar refractivity (Wildman–Crippen MR) is 119 cm³/mol. The van der Waals surface area contributed by atoms with Gasteiger partial charge >= 0.3 is 0 Å². The Bertz CT molecular complexity index is 958. The molecule has 6 heteroatoms. The summed E-state index contributed by atoms with van der Waals surface area (Å²) in [7, 11) is 0. The molecule has 5 nitrogen and oxygen atoms in total. The molecule has 1 N–H and O–H groups in total. The highest BCUT2D eigenvalue weighted by Crippen LogP contribution is 2.27. The van der Waals surface area contributed by atoms with Crippen molar-refractivity contribution in [3.05, 3.63) is 84.2 Å². The Morgan fingerprint density at radius 1 is 1.13 bits per heavy atom. The Balaban J connectivity index is 1.34. The van der Waals surface area contributed by atoms with Crippen molar-refractivity contribution in [3.63, 3.8) is 0 Å². The van der Waals surface area contributed by atoms with Gasteiger partial charge in [-0.05, 0) is 55.3 Å². The van der Waals surface area contributed by atoms with E-state index in [0.29, 0.717) is 12.2 Å². The molecule has 2 heterocycles. The monoisotopic (exact) mass is 420 g/mol. The first-order valence-corrected chi connectivity index (χ1v) is 11.0. The lowest BCUT2D eigenvalue weighted by Crippen LogP contribution is -2.14. The smallest absolute Gasteiger partial charge is 0.256 e. The molecular weight excluding hydrogens is 396 g/mol. The van der Waals surface area contributed by atoms with Gasteiger partial charge in [0, 0.05) is 40.9 Å². The van der Waals surface area contributed by atoms with Gasteiger partial charge in [-0.25, -0.2) is 0 Å². The van der Waals surface area contributed by atoms with Gasteiger partial charge in [0.15, 0.2) is 0 Å². The van der Waals surface area contributed by atoms with Crippen LogP contribution in [0, 0.1) is 0 Å². The Morgan fingerprint density at radius 2 is 2.00 bits per heavy atom. The van der Waals surface area contributed by atoms with Crippen molar-refractivity contribution in [1.82, 2.24) is 4.98 Å². The summed E-state index contributed by atoms with van der Waals surface area (Å²) in [5.41, 5.74) is 2.41. The molecule has 2 aromatic carbocycles. The number of benzene rings is 2. The number of carbonyl (C=O) groups is 1. The van der Waals surface area contributed by atoms with Crippen molar-refractivity contribution in [2.75, 3.05) is 17.7 Å². The standard InChI is InChI=1S/C24H24N2O3S/c27-24(22-7-1-2-8-23(22)30-17-21-6-4-14-28-21)26-19-9-11-20(12-10-19)29-16-18-5-3-13-25-15-18/h1-3,5,7-13,15,21H,4,6,14,16-17H2,(H,26,27). The molecule has 1 saturated heterocycles. The average molecular weight is 421 g/mol. The first-order valence-electron chi connectivity index (χ1n) is 10.0. The predicted octanol–water partition coefficient (Wildman–Crippen LogP) is 5.18. The van der Waals surface area contributed by atoms with Gasteiger partial charge in [-0.15, -0.1) is 11.8 Å². The van der Waals surface area contributed by atoms with Gasteiger partial charge in [-0.2, -0.15) is 0 Å². The van der Waals surface area contributed by atoms with Gasteiger partial charge < -0.3 is 14.8 Å². The normalized spacial score (nSPS) is 15.7. The highest BCUT2D eigenvalue weighted by atomic mass is 32.2. The largest absolute Gasteiger partial charge is 0.489 e. The number of hydrogen-bond donors (Lipinski definition) is 1. The van der Waals surface area contributed by atoms with E-state index >= 15 is 0 Å². The first kappa shape index (κ1) is 20.4. The Morgan fingerprint density at radius 3 is 2.77 bits per heavy atom. The topological polar surface area (TPSA) is 60.5 Å². The zero-order valence-electron chi connectivity index (χ0n) is 16.6. The van der Waals surface area contributed by atoms with Crippen LogP contribution in [0.2, 0.25) is 0 Å². The Kier molecular flexibility index (Phi) is 7.00. The van der Waals surface area contributed by atoms with Crippen LogP contribution in [-0.4, -0.2) is 29.4 Å². The maximum Gasteiger partial charge on any atom is 0.256 e. The molecule has 154 valence electrons. The number of anilines is 1. The van der Waals surface area contributed by atoms with Crippen molar-refractivity contribution in [1.29, 1.82) is 0 Å². The number of hydrogen-bond acceptors (Lipinski definition) is 5. The minimum Gasteiger partial charge on any atom is -0.489 e. The SMILES string of the molecule is O=C(Nc1ccc(OCc2cccnc2)cc1)c1ccccc1SCC1CCCO1. The summed E-state index contributed by atoms with van der Waals surface area (Å²) in [6.07, 6.45) is 6.01. The molecule has 1 aliphatic heterocycles. The molecule has 1 amide bonds. The molecular formula is C24H24N2O3S. The van der Waals surface area contributed by atoms with E-state index < -0.39 is 0 Å². The molecule has 1 fully saturated rings. The van der Waals surface area contributed by atoms with E-state index in [2.05, 4.69) is 10.3 Å². The van der Waals surface area contributed by atoms with Crippen LogP contribution in [-0.2, 0) is 11.3 Å². The van der Waals surface area contributed by atoms with Crippen molar-refractivity contribution in [3.8, 4) is 5.75 Å². The molecule has 0 spiro atoms. The van der Waals surface area contributed by atoms with Gasteiger partial charge in [0.2, 0.25) is 0 Å². The first-order chi connectivity index (χ1) is 14.8. The van der Waals surface area contributed by atoms with Crippen LogP contribution >= 0.6 is 11.8 Å². The second-order valence-corrected chi connectivity index (χ2v) is 8.13. The van der Waals surface area contributed by atoms with Gasteiger partial charge in [-0.1, -0.05) is 18.2 Å². The number of amides is 1. The van der Waals surface area contributed by atoms with E-state index in [-0.39, 0.29) is 12.0 Å². The maximum atomic E-state index is 12.8. The van der Waals surface area contributed by atoms with E-state index in [9.17, 15) is 4.79 Å². The fraction of sp³-hybridized carbons (Fsp3) is 0.250. The van der Waals surface area contributed by atoms with Crippen LogP contribution in [0.4, 0.5) is 5.69 Å². The minimum absolute atomic E-state index is 0.116. The number of nitrogens with one attached hydrogen (secondary N) is 1. The third kappa shape index (κ3) is 5.62. The fourth-order valence-corrected chi connectivity index (χ4v) is 4.34. The van der Waals surface area contributed by atoms with E-state index in [1.807, 2.05) is 60.7 Å². The van der Waals surface area contributed by atoms with Crippen LogP contribution in [0.1, 0.15) is 28.8 Å². The average Bonchev–Trinajstić information content (AvgIpc) is 3.32. The summed E-state index contributed by atoms with van der Waals surface area (Å²) >= 11 is 1.68. The second kappa shape index (κ2) is 10.3. The highest BCUT2D eigenvalue weighted by molar-refractivity contribution is 7.99. The molecule has 1 atom stereocenters. The molecule has 4 rings (SSSR count). The summed E-state index contributed by atoms with van der Waals surface area (Å²) < 4.78 is 11.5. The van der Waals surface area contributed by atoms with E-state index in [1.165, 1.54) is 0 Å². The van der Waals surface area contributed by atoms with Crippen molar-refractivity contribution < 1.29 is 14.3 Å². The summed E-state index contributed by atoms with van der Waals surface area (Å²) in [5, 5.41) is 2.98. The molecule has 0 saturated carbocycles. The Labute approximate surface area is 180 Å². The summed E-state index contributed by atoms with van der Waals surface area (Å²) in [6, 6.07) is 18.9. The van der Waals surface area contributed by atoms with E-state index in [4.69, 9.17) is 9.47 Å². The summed E-state index contributed by atoms with van der Waals surface area (Å²) in [4.78, 5) is 17.9. The van der Waals surface area contributed by atoms with Crippen LogP contribution in [0.3, 0.4) is 0 Å². The van der Waals surface area contributed by atoms with Gasteiger partial charge in [0.25, 0.3) is 5.91 Å². The van der Waals surface area contributed by atoms with E-state index in [1.54, 1.807) is 24.2 Å². The molecule has 30 heavy (non-hydrogen) atoms. The molecule has 3 aromatic rings. The third-order valence-electron chi connectivity index (χ3n) is 4.82. The van der Waals surface area contributed by atoms with Gasteiger partial charge in [-0.3, -0.25) is 9.78 Å². The highest BCUT2D eigenvalue weighted by Gasteiger charge is 2.18. The number of rotatable bonds is 8. The second-order valence-electron chi connectivity index (χ2n) is 7.07. The number of nitrogens with zero attached hydrogens (tertiary/aromatic N) is 1. The molecule has 1 unspecified atom stereocenters. The van der Waals surface area contributed by atoms with Crippen LogP contribution in [0.15, 0.2) is 78.0 Å². The minimum atomic E-state index is -0.116. The summed E-state index contributed by atoms with van der Waals surface area (Å²) in [6.45, 7) is 1.30. The Hall–Kier alpha value is -2.83. The van der Waals surface area contributed by atoms with Crippen molar-refractivity contribution in [2.45, 2.75) is 30.4 Å². The zero-order chi connectivity index (χ0) is 20.6. The number of pyridine rings is 1. The lowest BCUT2D eigenvalue weighted by Gasteiger charge is -2.13. The lowest BCUT2D eigenvalue weighted by atomic mass is 10.2. The van der Waals surface area contributed by atoms with Gasteiger partial charge in [0.05, 0.1) is 11.7 Å². The quantitative estimate of drug-likeness (QED) is 0.509.